The van der Waals surface area contributed by atoms with Crippen LogP contribution < -0.4 is 5.56 Å². The first-order valence-corrected chi connectivity index (χ1v) is 4.20. The molecule has 4 nitrogen and oxygen atoms in total. The zero-order valence-electron chi connectivity index (χ0n) is 7.57. The summed E-state index contributed by atoms with van der Waals surface area (Å²) in [7, 11) is 0. The minimum Gasteiger partial charge on any atom is -0.507 e. The van der Waals surface area contributed by atoms with Crippen molar-refractivity contribution in [1.82, 2.24) is 9.97 Å². The monoisotopic (exact) mass is 206 g/mol. The fourth-order valence-corrected chi connectivity index (χ4v) is 1.26. The molecule has 0 aliphatic carbocycles. The van der Waals surface area contributed by atoms with Gasteiger partial charge >= 0.3 is 0 Å². The van der Waals surface area contributed by atoms with Crippen LogP contribution in [0.4, 0.5) is 4.39 Å². The number of hydrogen-bond donors (Lipinski definition) is 2. The fraction of sp³-hybridized carbons (Fsp3) is 0. The lowest BCUT2D eigenvalue weighted by molar-refractivity contribution is 0.475. The fourth-order valence-electron chi connectivity index (χ4n) is 1.26. The van der Waals surface area contributed by atoms with Crippen molar-refractivity contribution in [2.75, 3.05) is 0 Å². The third kappa shape index (κ3) is 1.71. The molecule has 1 aromatic heterocycles. The molecule has 0 radical (unpaired) electrons. The third-order valence-electron chi connectivity index (χ3n) is 1.97. The van der Waals surface area contributed by atoms with E-state index in [4.69, 9.17) is 0 Å². The number of phenolic OH excluding ortho intramolecular Hbond substituents is 1. The number of nitrogens with zero attached hydrogens (tertiary/aromatic N) is 1. The Balaban J connectivity index is 2.69. The van der Waals surface area contributed by atoms with Crippen molar-refractivity contribution in [3.8, 4) is 16.9 Å². The van der Waals surface area contributed by atoms with E-state index in [0.29, 0.717) is 0 Å². The summed E-state index contributed by atoms with van der Waals surface area (Å²) in [5, 5.41) is 9.47. The van der Waals surface area contributed by atoms with Gasteiger partial charge in [-0.15, -0.1) is 0 Å². The standard InChI is InChI=1S/C10H7FN2O2/c11-6-1-2-9(14)7(3-6)8-4-12-5-13-10(8)15/h1-5,14H,(H,12,13,15). The molecule has 0 unspecified atom stereocenters. The number of aromatic amines is 1. The van der Waals surface area contributed by atoms with Gasteiger partial charge in [-0.3, -0.25) is 4.79 Å². The maximum absolute atomic E-state index is 12.9. The number of aromatic hydroxyl groups is 1. The van der Waals surface area contributed by atoms with Gasteiger partial charge in [-0.05, 0) is 18.2 Å². The molecule has 0 fully saturated rings. The summed E-state index contributed by atoms with van der Waals surface area (Å²) in [6, 6.07) is 3.39. The molecule has 1 aromatic carbocycles. The first-order chi connectivity index (χ1) is 7.18. The van der Waals surface area contributed by atoms with Crippen LogP contribution in [-0.4, -0.2) is 15.1 Å². The predicted octanol–water partition coefficient (Wildman–Crippen LogP) is 1.28. The molecule has 0 aliphatic heterocycles. The average Bonchev–Trinajstić information content (AvgIpc) is 2.23. The van der Waals surface area contributed by atoms with Crippen LogP contribution in [0.25, 0.3) is 11.1 Å². The molecule has 0 bridgehead atoms. The van der Waals surface area contributed by atoms with Gasteiger partial charge in [0.05, 0.1) is 11.9 Å². The number of rotatable bonds is 1. The molecule has 2 rings (SSSR count). The van der Waals surface area contributed by atoms with Crippen molar-refractivity contribution in [3.05, 3.63) is 46.9 Å². The molecule has 0 aliphatic rings. The van der Waals surface area contributed by atoms with Crippen molar-refractivity contribution < 1.29 is 9.50 Å². The summed E-state index contributed by atoms with van der Waals surface area (Å²) in [6.07, 6.45) is 2.50. The molecule has 0 saturated heterocycles. The first-order valence-electron chi connectivity index (χ1n) is 4.20. The van der Waals surface area contributed by atoms with Gasteiger partial charge in [-0.2, -0.15) is 0 Å². The molecule has 0 amide bonds. The third-order valence-corrected chi connectivity index (χ3v) is 1.97. The molecule has 5 heteroatoms. The van der Waals surface area contributed by atoms with Crippen LogP contribution in [0.15, 0.2) is 35.5 Å². The summed E-state index contributed by atoms with van der Waals surface area (Å²) >= 11 is 0. The van der Waals surface area contributed by atoms with Crippen LogP contribution in [0.3, 0.4) is 0 Å². The first kappa shape index (κ1) is 9.39. The van der Waals surface area contributed by atoms with E-state index in [1.54, 1.807) is 0 Å². The Bertz CT molecular complexity index is 551. The van der Waals surface area contributed by atoms with Crippen molar-refractivity contribution >= 4 is 0 Å². The van der Waals surface area contributed by atoms with Crippen molar-refractivity contribution in [1.29, 1.82) is 0 Å². The van der Waals surface area contributed by atoms with Gasteiger partial charge < -0.3 is 10.1 Å². The van der Waals surface area contributed by atoms with Gasteiger partial charge in [0.2, 0.25) is 0 Å². The highest BCUT2D eigenvalue weighted by Crippen LogP contribution is 2.26. The molecule has 0 spiro atoms. The minimum absolute atomic E-state index is 0.129. The zero-order chi connectivity index (χ0) is 10.8. The SMILES string of the molecule is O=c1[nH]cncc1-c1cc(F)ccc1O. The van der Waals surface area contributed by atoms with Gasteiger partial charge in [0.25, 0.3) is 5.56 Å². The highest BCUT2D eigenvalue weighted by atomic mass is 19.1. The molecule has 76 valence electrons. The van der Waals surface area contributed by atoms with Crippen molar-refractivity contribution in [2.24, 2.45) is 0 Å². The van der Waals surface area contributed by atoms with Crippen LogP contribution in [0, 0.1) is 5.82 Å². The molecule has 2 aromatic rings. The minimum atomic E-state index is -0.522. The van der Waals surface area contributed by atoms with Gasteiger partial charge in [-0.1, -0.05) is 0 Å². The molecule has 0 atom stereocenters. The van der Waals surface area contributed by atoms with E-state index in [1.807, 2.05) is 0 Å². The Kier molecular flexibility index (Phi) is 2.21. The normalized spacial score (nSPS) is 10.2. The maximum atomic E-state index is 12.9. The van der Waals surface area contributed by atoms with Crippen LogP contribution in [0.2, 0.25) is 0 Å². The highest BCUT2D eigenvalue weighted by molar-refractivity contribution is 5.68. The zero-order valence-corrected chi connectivity index (χ0v) is 7.57. The summed E-state index contributed by atoms with van der Waals surface area (Å²) in [4.78, 5) is 17.4. The number of hydrogen-bond acceptors (Lipinski definition) is 3. The van der Waals surface area contributed by atoms with E-state index in [-0.39, 0.29) is 16.9 Å². The van der Waals surface area contributed by atoms with Gasteiger partial charge in [-0.25, -0.2) is 9.37 Å². The van der Waals surface area contributed by atoms with E-state index >= 15 is 0 Å². The van der Waals surface area contributed by atoms with E-state index in [2.05, 4.69) is 9.97 Å². The Morgan fingerprint density at radius 2 is 2.13 bits per heavy atom. The Morgan fingerprint density at radius 3 is 2.87 bits per heavy atom. The summed E-state index contributed by atoms with van der Waals surface area (Å²) in [5.74, 6) is -0.680. The molecule has 1 heterocycles. The number of H-pyrrole nitrogens is 1. The lowest BCUT2D eigenvalue weighted by atomic mass is 10.1. The topological polar surface area (TPSA) is 66.0 Å². The number of aromatic nitrogens is 2. The summed E-state index contributed by atoms with van der Waals surface area (Å²) in [6.45, 7) is 0. The second kappa shape index (κ2) is 3.53. The lowest BCUT2D eigenvalue weighted by Crippen LogP contribution is -2.08. The molecular formula is C10H7FN2O2. The van der Waals surface area contributed by atoms with Crippen LogP contribution >= 0.6 is 0 Å². The maximum Gasteiger partial charge on any atom is 0.258 e. The van der Waals surface area contributed by atoms with Gasteiger partial charge in [0, 0.05) is 11.8 Å². The molecular weight excluding hydrogens is 199 g/mol. The Labute approximate surface area is 84.0 Å². The number of nitrogens with one attached hydrogen (secondary N) is 1. The lowest BCUT2D eigenvalue weighted by Gasteiger charge is -2.02. The average molecular weight is 206 g/mol. The smallest absolute Gasteiger partial charge is 0.258 e. The van der Waals surface area contributed by atoms with Crippen molar-refractivity contribution in [3.63, 3.8) is 0 Å². The number of benzene rings is 1. The van der Waals surface area contributed by atoms with E-state index in [1.165, 1.54) is 18.6 Å². The molecule has 15 heavy (non-hydrogen) atoms. The van der Waals surface area contributed by atoms with Crippen molar-refractivity contribution in [2.45, 2.75) is 0 Å². The largest absolute Gasteiger partial charge is 0.507 e. The predicted molar refractivity (Wildman–Crippen MR) is 51.9 cm³/mol. The quantitative estimate of drug-likeness (QED) is 0.738. The molecule has 2 N–H and O–H groups in total. The Morgan fingerprint density at radius 1 is 1.33 bits per heavy atom. The second-order valence-electron chi connectivity index (χ2n) is 2.96. The van der Waals surface area contributed by atoms with Gasteiger partial charge in [0.1, 0.15) is 11.6 Å². The summed E-state index contributed by atoms with van der Waals surface area (Å²) in [5.41, 5.74) is -0.162. The Hall–Kier alpha value is -2.17. The second-order valence-corrected chi connectivity index (χ2v) is 2.96. The number of phenols is 1. The van der Waals surface area contributed by atoms with Crippen LogP contribution in [0.1, 0.15) is 0 Å². The molecule has 0 saturated carbocycles. The number of halogens is 1. The van der Waals surface area contributed by atoms with Crippen LogP contribution in [0.5, 0.6) is 5.75 Å². The summed E-state index contributed by atoms with van der Waals surface area (Å²) < 4.78 is 12.9. The van der Waals surface area contributed by atoms with E-state index < -0.39 is 11.4 Å². The van der Waals surface area contributed by atoms with E-state index in [0.717, 1.165) is 12.1 Å². The highest BCUT2D eigenvalue weighted by Gasteiger charge is 2.09. The van der Waals surface area contributed by atoms with Crippen LogP contribution in [-0.2, 0) is 0 Å². The van der Waals surface area contributed by atoms with Gasteiger partial charge in [0.15, 0.2) is 0 Å². The van der Waals surface area contributed by atoms with E-state index in [9.17, 15) is 14.3 Å².